The summed E-state index contributed by atoms with van der Waals surface area (Å²) < 4.78 is 0. The zero-order chi connectivity index (χ0) is 13.8. The van der Waals surface area contributed by atoms with Crippen LogP contribution in [0.3, 0.4) is 0 Å². The van der Waals surface area contributed by atoms with E-state index in [1.807, 2.05) is 19.2 Å². The second-order valence-corrected chi connectivity index (χ2v) is 5.22. The fourth-order valence-electron chi connectivity index (χ4n) is 2.43. The quantitative estimate of drug-likeness (QED) is 0.309. The van der Waals surface area contributed by atoms with Crippen LogP contribution in [0.25, 0.3) is 0 Å². The Morgan fingerprint density at radius 2 is 2.32 bits per heavy atom. The van der Waals surface area contributed by atoms with E-state index >= 15 is 0 Å². The summed E-state index contributed by atoms with van der Waals surface area (Å²) in [6, 6.07) is 3.74. The maximum absolute atomic E-state index is 9.27. The Kier molecular flexibility index (Phi) is 4.34. The van der Waals surface area contributed by atoms with Gasteiger partial charge in [-0.1, -0.05) is 5.16 Å². The molecule has 19 heavy (non-hydrogen) atoms. The minimum atomic E-state index is -0.105. The zero-order valence-corrected chi connectivity index (χ0v) is 11.0. The van der Waals surface area contributed by atoms with Gasteiger partial charge in [-0.15, -0.1) is 0 Å². The maximum atomic E-state index is 9.27. The highest BCUT2D eigenvalue weighted by Crippen LogP contribution is 2.27. The Hall–Kier alpha value is -1.66. The van der Waals surface area contributed by atoms with Gasteiger partial charge < -0.3 is 20.9 Å². The number of pyridine rings is 1. The molecule has 0 saturated heterocycles. The van der Waals surface area contributed by atoms with Crippen molar-refractivity contribution in [2.75, 3.05) is 13.6 Å². The molecule has 1 saturated carbocycles. The van der Waals surface area contributed by atoms with E-state index < -0.39 is 0 Å². The second-order valence-electron chi connectivity index (χ2n) is 5.22. The van der Waals surface area contributed by atoms with Crippen LogP contribution in [0.2, 0.25) is 0 Å². The normalized spacial score (nSPS) is 23.4. The Balaban J connectivity index is 1.91. The summed E-state index contributed by atoms with van der Waals surface area (Å²) in [7, 11) is 2.05. The summed E-state index contributed by atoms with van der Waals surface area (Å²) in [5.74, 6) is 0.608. The molecule has 4 N–H and O–H groups in total. The highest BCUT2D eigenvalue weighted by Gasteiger charge is 2.27. The molecule has 0 atom stereocenters. The van der Waals surface area contributed by atoms with Gasteiger partial charge in [0, 0.05) is 19.3 Å². The van der Waals surface area contributed by atoms with Crippen molar-refractivity contribution in [2.45, 2.75) is 25.5 Å². The molecule has 104 valence electrons. The fourth-order valence-corrected chi connectivity index (χ4v) is 2.43. The third-order valence-electron chi connectivity index (χ3n) is 3.43. The molecule has 0 aromatic carbocycles. The number of nitrogens with zero attached hydrogens (tertiary/aromatic N) is 3. The van der Waals surface area contributed by atoms with Crippen LogP contribution in [0.1, 0.15) is 24.1 Å². The number of rotatable bonds is 5. The van der Waals surface area contributed by atoms with E-state index in [4.69, 9.17) is 10.9 Å². The minimum absolute atomic E-state index is 0.0200. The topological polar surface area (TPSA) is 95.0 Å². The van der Waals surface area contributed by atoms with E-state index in [1.54, 1.807) is 6.20 Å². The smallest absolute Gasteiger partial charge is 0.188 e. The molecule has 0 amide bonds. The second kappa shape index (κ2) is 5.99. The van der Waals surface area contributed by atoms with Crippen molar-refractivity contribution >= 4 is 5.84 Å². The van der Waals surface area contributed by atoms with E-state index in [0.717, 1.165) is 31.5 Å². The van der Waals surface area contributed by atoms with Gasteiger partial charge in [-0.3, -0.25) is 4.98 Å². The van der Waals surface area contributed by atoms with Crippen LogP contribution in [0.5, 0.6) is 0 Å². The van der Waals surface area contributed by atoms with Crippen molar-refractivity contribution in [3.05, 3.63) is 29.6 Å². The molecule has 0 bridgehead atoms. The average Bonchev–Trinajstić information content (AvgIpc) is 2.36. The van der Waals surface area contributed by atoms with Crippen LogP contribution in [0.15, 0.2) is 23.5 Å². The lowest BCUT2D eigenvalue weighted by Gasteiger charge is -2.34. The lowest BCUT2D eigenvalue weighted by Crippen LogP contribution is -2.36. The Labute approximate surface area is 112 Å². The first kappa shape index (κ1) is 13.8. The molecular weight excluding hydrogens is 244 g/mol. The lowest BCUT2D eigenvalue weighted by atomic mass is 9.82. The Bertz CT molecular complexity index is 458. The standard InChI is InChI=1S/C13H20N4O2/c1-17(8-10-4-11(18)5-10)7-9-2-3-15-12(6-9)13(14)16-19/h2-3,6,10-11,18-19H,4-5,7-8H2,1H3,(H2,14,16). The summed E-state index contributed by atoms with van der Waals surface area (Å²) in [4.78, 5) is 6.26. The first-order chi connectivity index (χ1) is 9.08. The highest BCUT2D eigenvalue weighted by atomic mass is 16.4. The summed E-state index contributed by atoms with van der Waals surface area (Å²) in [5, 5.41) is 20.8. The van der Waals surface area contributed by atoms with Gasteiger partial charge in [-0.2, -0.15) is 0 Å². The van der Waals surface area contributed by atoms with Crippen molar-refractivity contribution in [3.8, 4) is 0 Å². The maximum Gasteiger partial charge on any atom is 0.188 e. The molecule has 1 aromatic heterocycles. The van der Waals surface area contributed by atoms with Crippen LogP contribution in [0.4, 0.5) is 0 Å². The number of aliphatic hydroxyl groups is 1. The zero-order valence-electron chi connectivity index (χ0n) is 11.0. The van der Waals surface area contributed by atoms with Crippen molar-refractivity contribution in [1.82, 2.24) is 9.88 Å². The van der Waals surface area contributed by atoms with Crippen LogP contribution < -0.4 is 5.73 Å². The van der Waals surface area contributed by atoms with Gasteiger partial charge >= 0.3 is 0 Å². The Morgan fingerprint density at radius 1 is 1.58 bits per heavy atom. The van der Waals surface area contributed by atoms with Gasteiger partial charge in [-0.25, -0.2) is 0 Å². The van der Waals surface area contributed by atoms with Gasteiger partial charge in [0.2, 0.25) is 0 Å². The van der Waals surface area contributed by atoms with Gasteiger partial charge in [0.05, 0.1) is 6.10 Å². The first-order valence-corrected chi connectivity index (χ1v) is 6.38. The molecule has 1 aromatic rings. The predicted molar refractivity (Wildman–Crippen MR) is 71.8 cm³/mol. The number of aromatic nitrogens is 1. The molecule has 1 aliphatic carbocycles. The van der Waals surface area contributed by atoms with Gasteiger partial charge in [0.1, 0.15) is 5.69 Å². The van der Waals surface area contributed by atoms with Crippen LogP contribution >= 0.6 is 0 Å². The van der Waals surface area contributed by atoms with E-state index in [9.17, 15) is 5.11 Å². The number of hydrogen-bond acceptors (Lipinski definition) is 5. The van der Waals surface area contributed by atoms with E-state index in [2.05, 4.69) is 15.0 Å². The van der Waals surface area contributed by atoms with Gasteiger partial charge in [0.15, 0.2) is 5.84 Å². The molecule has 0 aliphatic heterocycles. The molecule has 0 unspecified atom stereocenters. The molecule has 1 fully saturated rings. The van der Waals surface area contributed by atoms with Crippen molar-refractivity contribution in [1.29, 1.82) is 0 Å². The number of aliphatic hydroxyl groups excluding tert-OH is 1. The van der Waals surface area contributed by atoms with Crippen LogP contribution in [-0.2, 0) is 6.54 Å². The predicted octanol–water partition coefficient (Wildman–Crippen LogP) is 0.379. The van der Waals surface area contributed by atoms with E-state index in [-0.39, 0.29) is 11.9 Å². The van der Waals surface area contributed by atoms with Crippen molar-refractivity contribution < 1.29 is 10.3 Å². The fraction of sp³-hybridized carbons (Fsp3) is 0.538. The van der Waals surface area contributed by atoms with Gasteiger partial charge in [0.25, 0.3) is 0 Å². The molecule has 6 heteroatoms. The van der Waals surface area contributed by atoms with E-state index in [0.29, 0.717) is 11.6 Å². The first-order valence-electron chi connectivity index (χ1n) is 6.38. The highest BCUT2D eigenvalue weighted by molar-refractivity contribution is 5.95. The third kappa shape index (κ3) is 3.65. The van der Waals surface area contributed by atoms with Crippen molar-refractivity contribution in [2.24, 2.45) is 16.8 Å². The summed E-state index contributed by atoms with van der Waals surface area (Å²) in [6.45, 7) is 1.75. The molecule has 0 radical (unpaired) electrons. The molecule has 0 spiro atoms. The monoisotopic (exact) mass is 264 g/mol. The van der Waals surface area contributed by atoms with Crippen LogP contribution in [-0.4, -0.2) is 45.7 Å². The van der Waals surface area contributed by atoms with Crippen LogP contribution in [0, 0.1) is 5.92 Å². The third-order valence-corrected chi connectivity index (χ3v) is 3.43. The summed E-state index contributed by atoms with van der Waals surface area (Å²) >= 11 is 0. The largest absolute Gasteiger partial charge is 0.409 e. The number of oxime groups is 1. The SMILES string of the molecule is CN(Cc1ccnc(C(N)=NO)c1)CC1CC(O)C1. The minimum Gasteiger partial charge on any atom is -0.409 e. The molecule has 2 rings (SSSR count). The van der Waals surface area contributed by atoms with Gasteiger partial charge in [-0.05, 0) is 43.5 Å². The average molecular weight is 264 g/mol. The molecule has 1 heterocycles. The summed E-state index contributed by atoms with van der Waals surface area (Å²) in [6.07, 6.45) is 3.35. The number of hydrogen-bond donors (Lipinski definition) is 3. The molecule has 1 aliphatic rings. The lowest BCUT2D eigenvalue weighted by molar-refractivity contribution is 0.0274. The van der Waals surface area contributed by atoms with Crippen molar-refractivity contribution in [3.63, 3.8) is 0 Å². The van der Waals surface area contributed by atoms with E-state index in [1.165, 1.54) is 0 Å². The molecule has 6 nitrogen and oxygen atoms in total. The summed E-state index contributed by atoms with van der Waals surface area (Å²) in [5.41, 5.74) is 7.06. The number of amidine groups is 1. The Morgan fingerprint density at radius 3 is 2.95 bits per heavy atom. The molecular formula is C13H20N4O2. The number of nitrogens with two attached hydrogens (primary N) is 1.